The van der Waals surface area contributed by atoms with Gasteiger partial charge >= 0.3 is 0 Å². The van der Waals surface area contributed by atoms with Gasteiger partial charge in [0.2, 0.25) is 5.13 Å². The average molecular weight is 540 g/mol. The topological polar surface area (TPSA) is 109 Å². The van der Waals surface area contributed by atoms with Gasteiger partial charge in [-0.3, -0.25) is 4.68 Å². The molecule has 10 nitrogen and oxygen atoms in total. The molecule has 0 radical (unpaired) electrons. The Balaban J connectivity index is 1.45. The molecule has 0 amide bonds. The number of hydrogen-bond donors (Lipinski definition) is 1. The number of ether oxygens (including phenoxy) is 3. The molecular weight excluding hydrogens is 510 g/mol. The Morgan fingerprint density at radius 1 is 1.16 bits per heavy atom. The number of pyridine rings is 2. The fourth-order valence-electron chi connectivity index (χ4n) is 4.19. The van der Waals surface area contributed by atoms with Crippen LogP contribution in [0.3, 0.4) is 0 Å². The quantitative estimate of drug-likeness (QED) is 0.302. The van der Waals surface area contributed by atoms with Crippen molar-refractivity contribution >= 4 is 34.2 Å². The van der Waals surface area contributed by atoms with Crippen molar-refractivity contribution in [2.45, 2.75) is 69.0 Å². The van der Waals surface area contributed by atoms with Crippen molar-refractivity contribution in [3.05, 3.63) is 53.9 Å². The number of nitrogens with zero attached hydrogens (tertiary/aromatic N) is 6. The third-order valence-electron chi connectivity index (χ3n) is 5.79. The van der Waals surface area contributed by atoms with E-state index in [-0.39, 0.29) is 0 Å². The van der Waals surface area contributed by atoms with E-state index < -0.39 is 17.5 Å². The van der Waals surface area contributed by atoms with Gasteiger partial charge in [-0.15, -0.1) is 0 Å². The van der Waals surface area contributed by atoms with Gasteiger partial charge in [-0.1, -0.05) is 17.8 Å². The first-order valence-electron chi connectivity index (χ1n) is 11.8. The zero-order chi connectivity index (χ0) is 26.4. The largest absolute Gasteiger partial charge is 0.450 e. The SMILES string of the molecule is Cc1nn(C)c(C)c1Oc1cc(Sc2ccccn2)cnc1Nc1nc(C2OC(C)(C)OC2(C)C)ns1. The number of rotatable bonds is 7. The van der Waals surface area contributed by atoms with Crippen LogP contribution in [0.25, 0.3) is 0 Å². The van der Waals surface area contributed by atoms with Crippen molar-refractivity contribution in [1.29, 1.82) is 0 Å². The van der Waals surface area contributed by atoms with Crippen LogP contribution >= 0.6 is 23.3 Å². The minimum Gasteiger partial charge on any atom is -0.450 e. The zero-order valence-corrected chi connectivity index (χ0v) is 23.4. The highest BCUT2D eigenvalue weighted by molar-refractivity contribution is 7.99. The van der Waals surface area contributed by atoms with E-state index in [0.717, 1.165) is 21.3 Å². The highest BCUT2D eigenvalue weighted by Crippen LogP contribution is 2.45. The van der Waals surface area contributed by atoms with Crippen molar-refractivity contribution < 1.29 is 14.2 Å². The molecule has 5 heterocycles. The van der Waals surface area contributed by atoms with Gasteiger partial charge in [-0.05, 0) is 53.7 Å². The van der Waals surface area contributed by atoms with Crippen LogP contribution < -0.4 is 10.1 Å². The van der Waals surface area contributed by atoms with E-state index in [9.17, 15) is 0 Å². The molecule has 0 spiro atoms. The molecule has 1 fully saturated rings. The van der Waals surface area contributed by atoms with Crippen LogP contribution in [0.1, 0.15) is 51.0 Å². The van der Waals surface area contributed by atoms with Crippen LogP contribution in [-0.2, 0) is 16.5 Å². The Labute approximate surface area is 224 Å². The third kappa shape index (κ3) is 5.47. The molecule has 1 aliphatic heterocycles. The van der Waals surface area contributed by atoms with Gasteiger partial charge in [0.1, 0.15) is 16.8 Å². The maximum absolute atomic E-state index is 6.38. The summed E-state index contributed by atoms with van der Waals surface area (Å²) in [4.78, 5) is 14.6. The van der Waals surface area contributed by atoms with Gasteiger partial charge in [-0.25, -0.2) is 15.0 Å². The second kappa shape index (κ2) is 9.67. The predicted molar refractivity (Wildman–Crippen MR) is 142 cm³/mol. The van der Waals surface area contributed by atoms with Crippen molar-refractivity contribution in [2.24, 2.45) is 7.05 Å². The third-order valence-corrected chi connectivity index (χ3v) is 7.34. The van der Waals surface area contributed by atoms with Gasteiger partial charge in [-0.2, -0.15) is 9.47 Å². The number of aromatic nitrogens is 6. The van der Waals surface area contributed by atoms with Crippen molar-refractivity contribution in [2.75, 3.05) is 5.32 Å². The van der Waals surface area contributed by atoms with E-state index in [2.05, 4.69) is 24.8 Å². The van der Waals surface area contributed by atoms with Crippen molar-refractivity contribution in [3.63, 3.8) is 0 Å². The number of nitrogens with one attached hydrogen (secondary N) is 1. The molecule has 194 valence electrons. The molecule has 1 N–H and O–H groups in total. The molecule has 37 heavy (non-hydrogen) atoms. The fourth-order valence-corrected chi connectivity index (χ4v) is 5.55. The summed E-state index contributed by atoms with van der Waals surface area (Å²) in [6, 6.07) is 7.72. The predicted octanol–water partition coefficient (Wildman–Crippen LogP) is 5.97. The van der Waals surface area contributed by atoms with E-state index >= 15 is 0 Å². The molecule has 4 aromatic heterocycles. The maximum atomic E-state index is 6.38. The van der Waals surface area contributed by atoms with Crippen LogP contribution in [0.15, 0.2) is 46.6 Å². The summed E-state index contributed by atoms with van der Waals surface area (Å²) in [6.45, 7) is 11.6. The van der Waals surface area contributed by atoms with Crippen LogP contribution in [-0.4, -0.2) is 40.5 Å². The molecule has 5 rings (SSSR count). The lowest BCUT2D eigenvalue weighted by Crippen LogP contribution is -2.28. The highest BCUT2D eigenvalue weighted by Gasteiger charge is 2.49. The zero-order valence-electron chi connectivity index (χ0n) is 21.8. The van der Waals surface area contributed by atoms with Crippen LogP contribution in [0.2, 0.25) is 0 Å². The van der Waals surface area contributed by atoms with E-state index in [1.165, 1.54) is 23.3 Å². The fraction of sp³-hybridized carbons (Fsp3) is 0.400. The number of hydrogen-bond acceptors (Lipinski definition) is 11. The minimum atomic E-state index is -0.712. The summed E-state index contributed by atoms with van der Waals surface area (Å²) in [7, 11) is 1.89. The highest BCUT2D eigenvalue weighted by atomic mass is 32.2. The Bertz CT molecular complexity index is 1420. The number of aryl methyl sites for hydroxylation is 2. The first-order chi connectivity index (χ1) is 17.5. The molecule has 0 aliphatic carbocycles. The van der Waals surface area contributed by atoms with Gasteiger partial charge in [0.25, 0.3) is 0 Å². The average Bonchev–Trinajstić information content (AvgIpc) is 3.45. The molecule has 1 aliphatic rings. The Hall–Kier alpha value is -3.06. The van der Waals surface area contributed by atoms with Gasteiger partial charge < -0.3 is 19.5 Å². The maximum Gasteiger partial charge on any atom is 0.208 e. The lowest BCUT2D eigenvalue weighted by Gasteiger charge is -2.22. The smallest absolute Gasteiger partial charge is 0.208 e. The van der Waals surface area contributed by atoms with E-state index in [0.29, 0.717) is 28.3 Å². The van der Waals surface area contributed by atoms with Crippen LogP contribution in [0.5, 0.6) is 11.5 Å². The van der Waals surface area contributed by atoms with E-state index in [1.807, 2.05) is 72.9 Å². The molecule has 0 saturated carbocycles. The second-order valence-corrected chi connectivity index (χ2v) is 11.5. The Morgan fingerprint density at radius 2 is 1.97 bits per heavy atom. The van der Waals surface area contributed by atoms with E-state index in [1.54, 1.807) is 17.1 Å². The first-order valence-corrected chi connectivity index (χ1v) is 13.4. The lowest BCUT2D eigenvalue weighted by atomic mass is 10.0. The van der Waals surface area contributed by atoms with Crippen molar-refractivity contribution in [3.8, 4) is 11.5 Å². The summed E-state index contributed by atoms with van der Waals surface area (Å²) in [6.07, 6.45) is 3.15. The second-order valence-electron chi connectivity index (χ2n) is 9.70. The van der Waals surface area contributed by atoms with Crippen LogP contribution in [0, 0.1) is 13.8 Å². The molecular formula is C25H29N7O3S2. The standard InChI is InChI=1S/C25H29N7O3S2/c1-14-19(15(2)32(7)30-14)33-17-12-16(36-18-10-8-9-11-26-18)13-27-21(17)28-23-29-22(31-37-23)20-24(3,4)35-25(5,6)34-20/h8-13,20H,1-7H3,(H,27,28,29,31). The van der Waals surface area contributed by atoms with E-state index in [4.69, 9.17) is 19.2 Å². The van der Waals surface area contributed by atoms with Gasteiger partial charge in [0.05, 0.1) is 11.3 Å². The molecule has 0 aromatic carbocycles. The lowest BCUT2D eigenvalue weighted by molar-refractivity contribution is -0.158. The molecule has 0 bridgehead atoms. The summed E-state index contributed by atoms with van der Waals surface area (Å²) >= 11 is 2.73. The van der Waals surface area contributed by atoms with Gasteiger partial charge in [0, 0.05) is 41.9 Å². The normalized spacial score (nSPS) is 18.2. The first kappa shape index (κ1) is 25.6. The summed E-state index contributed by atoms with van der Waals surface area (Å²) < 4.78 is 24.8. The molecule has 1 saturated heterocycles. The Kier molecular flexibility index (Phi) is 6.69. The van der Waals surface area contributed by atoms with Crippen molar-refractivity contribution in [1.82, 2.24) is 29.1 Å². The summed E-state index contributed by atoms with van der Waals surface area (Å²) in [5.41, 5.74) is 1.14. The number of anilines is 2. The minimum absolute atomic E-state index is 0.393. The van der Waals surface area contributed by atoms with Crippen LogP contribution in [0.4, 0.5) is 10.9 Å². The summed E-state index contributed by atoms with van der Waals surface area (Å²) in [5, 5.41) is 9.19. The molecule has 1 unspecified atom stereocenters. The molecule has 12 heteroatoms. The monoisotopic (exact) mass is 539 g/mol. The van der Waals surface area contributed by atoms with Gasteiger partial charge in [0.15, 0.2) is 28.9 Å². The molecule has 4 aromatic rings. The summed E-state index contributed by atoms with van der Waals surface area (Å²) in [5.74, 6) is 1.59. The molecule has 1 atom stereocenters. The Morgan fingerprint density at radius 3 is 2.62 bits per heavy atom.